The normalized spacial score (nSPS) is 11.0. The Morgan fingerprint density at radius 2 is 1.95 bits per heavy atom. The third kappa shape index (κ3) is 6.39. The van der Waals surface area contributed by atoms with Gasteiger partial charge in [0.1, 0.15) is 0 Å². The number of halogens is 3. The highest BCUT2D eigenvalue weighted by molar-refractivity contribution is 8.00. The van der Waals surface area contributed by atoms with Crippen molar-refractivity contribution in [3.63, 3.8) is 0 Å². The molecule has 0 heterocycles. The number of carbonyl (C=O) groups excluding carboxylic acids is 1. The van der Waals surface area contributed by atoms with Crippen molar-refractivity contribution in [3.05, 3.63) is 24.3 Å². The summed E-state index contributed by atoms with van der Waals surface area (Å²) in [5, 5.41) is 10.8. The summed E-state index contributed by atoms with van der Waals surface area (Å²) in [5.74, 6) is -1.07. The van der Waals surface area contributed by atoms with Gasteiger partial charge in [0, 0.05) is 18.5 Å². The molecule has 0 spiro atoms. The Morgan fingerprint density at radius 3 is 2.52 bits per heavy atom. The van der Waals surface area contributed by atoms with Crippen LogP contribution in [0.15, 0.2) is 29.2 Å². The van der Waals surface area contributed by atoms with Gasteiger partial charge in [-0.15, -0.1) is 0 Å². The number of nitrogens with one attached hydrogen (secondary N) is 1. The van der Waals surface area contributed by atoms with E-state index in [4.69, 9.17) is 5.11 Å². The van der Waals surface area contributed by atoms with Crippen LogP contribution in [0.1, 0.15) is 6.42 Å². The first kappa shape index (κ1) is 17.2. The topological polar surface area (TPSA) is 69.6 Å². The van der Waals surface area contributed by atoms with Crippen LogP contribution in [0.4, 0.5) is 23.7 Å². The molecule has 0 radical (unpaired) electrons. The second-order valence-electron chi connectivity index (χ2n) is 4.04. The Balaban J connectivity index is 2.74. The van der Waals surface area contributed by atoms with Gasteiger partial charge >= 0.3 is 17.5 Å². The van der Waals surface area contributed by atoms with Gasteiger partial charge in [0.2, 0.25) is 0 Å². The number of urea groups is 1. The summed E-state index contributed by atoms with van der Waals surface area (Å²) >= 11 is -0.328. The van der Waals surface area contributed by atoms with Gasteiger partial charge in [-0.05, 0) is 23.9 Å². The van der Waals surface area contributed by atoms with Crippen molar-refractivity contribution in [3.8, 4) is 0 Å². The van der Waals surface area contributed by atoms with Crippen LogP contribution < -0.4 is 5.32 Å². The molecule has 5 nitrogen and oxygen atoms in total. The molecule has 1 rings (SSSR count). The van der Waals surface area contributed by atoms with Crippen molar-refractivity contribution in [1.29, 1.82) is 0 Å². The highest BCUT2D eigenvalue weighted by Crippen LogP contribution is 2.40. The number of benzene rings is 1. The average molecular weight is 322 g/mol. The fourth-order valence-corrected chi connectivity index (χ4v) is 1.98. The van der Waals surface area contributed by atoms with Crippen molar-refractivity contribution in [1.82, 2.24) is 4.90 Å². The highest BCUT2D eigenvalue weighted by Gasteiger charge is 2.30. The Bertz CT molecular complexity index is 523. The quantitative estimate of drug-likeness (QED) is 0.817. The van der Waals surface area contributed by atoms with Gasteiger partial charge in [-0.2, -0.15) is 13.2 Å². The van der Waals surface area contributed by atoms with E-state index in [0.29, 0.717) is 0 Å². The number of carboxylic acid groups (broad SMARTS) is 1. The summed E-state index contributed by atoms with van der Waals surface area (Å²) < 4.78 is 37.2. The predicted molar refractivity (Wildman–Crippen MR) is 72.3 cm³/mol. The second-order valence-corrected chi connectivity index (χ2v) is 5.15. The van der Waals surface area contributed by atoms with Gasteiger partial charge in [-0.1, -0.05) is 12.1 Å². The molecule has 0 fully saturated rings. The Labute approximate surface area is 123 Å². The Kier molecular flexibility index (Phi) is 5.89. The van der Waals surface area contributed by atoms with Gasteiger partial charge in [0.25, 0.3) is 0 Å². The Hall–Kier alpha value is -1.90. The lowest BCUT2D eigenvalue weighted by Gasteiger charge is -2.18. The summed E-state index contributed by atoms with van der Waals surface area (Å²) in [5.41, 5.74) is -4.44. The third-order valence-corrected chi connectivity index (χ3v) is 3.17. The van der Waals surface area contributed by atoms with Crippen LogP contribution in [0.25, 0.3) is 0 Å². The molecule has 1 aromatic rings. The van der Waals surface area contributed by atoms with Crippen LogP contribution in [0, 0.1) is 0 Å². The van der Waals surface area contributed by atoms with E-state index in [2.05, 4.69) is 5.32 Å². The average Bonchev–Trinajstić information content (AvgIpc) is 2.36. The van der Waals surface area contributed by atoms with Crippen LogP contribution in [0.2, 0.25) is 0 Å². The SMILES string of the molecule is CN(CCC(=O)O)C(=O)Nc1ccccc1SC(F)(F)F. The number of anilines is 1. The first-order valence-corrected chi connectivity index (χ1v) is 6.59. The first-order valence-electron chi connectivity index (χ1n) is 5.78. The number of aliphatic carboxylic acids is 1. The molecule has 0 bridgehead atoms. The molecule has 0 atom stereocenters. The molecule has 2 amide bonds. The minimum Gasteiger partial charge on any atom is -0.481 e. The smallest absolute Gasteiger partial charge is 0.446 e. The molecule has 0 saturated heterocycles. The van der Waals surface area contributed by atoms with E-state index < -0.39 is 17.5 Å². The van der Waals surface area contributed by atoms with Crippen molar-refractivity contribution in [2.24, 2.45) is 0 Å². The molecule has 0 saturated carbocycles. The van der Waals surface area contributed by atoms with Crippen LogP contribution >= 0.6 is 11.8 Å². The maximum Gasteiger partial charge on any atom is 0.446 e. The van der Waals surface area contributed by atoms with Crippen molar-refractivity contribution in [2.45, 2.75) is 16.8 Å². The molecule has 0 aliphatic heterocycles. The fourth-order valence-electron chi connectivity index (χ4n) is 1.36. The van der Waals surface area contributed by atoms with E-state index in [-0.39, 0.29) is 35.3 Å². The number of thioether (sulfide) groups is 1. The molecule has 0 aliphatic carbocycles. The van der Waals surface area contributed by atoms with Gasteiger partial charge < -0.3 is 15.3 Å². The molecule has 2 N–H and O–H groups in total. The van der Waals surface area contributed by atoms with Gasteiger partial charge in [-0.25, -0.2) is 4.79 Å². The summed E-state index contributed by atoms with van der Waals surface area (Å²) in [7, 11) is 1.36. The fraction of sp³-hybridized carbons (Fsp3) is 0.333. The Morgan fingerprint density at radius 1 is 1.33 bits per heavy atom. The monoisotopic (exact) mass is 322 g/mol. The van der Waals surface area contributed by atoms with E-state index in [1.165, 1.54) is 31.3 Å². The summed E-state index contributed by atoms with van der Waals surface area (Å²) in [6.07, 6.45) is -0.247. The number of alkyl halides is 3. The number of nitrogens with zero attached hydrogens (tertiary/aromatic N) is 1. The van der Waals surface area contributed by atoms with Gasteiger partial charge in [-0.3, -0.25) is 4.79 Å². The molecule has 9 heteroatoms. The van der Waals surface area contributed by atoms with Crippen LogP contribution in [0.3, 0.4) is 0 Å². The lowest BCUT2D eigenvalue weighted by atomic mass is 10.3. The third-order valence-electron chi connectivity index (χ3n) is 2.36. The zero-order valence-corrected chi connectivity index (χ0v) is 11.8. The minimum absolute atomic E-state index is 0.0204. The van der Waals surface area contributed by atoms with Gasteiger partial charge in [0.05, 0.1) is 12.1 Å². The number of carboxylic acids is 1. The van der Waals surface area contributed by atoms with E-state index >= 15 is 0 Å². The standard InChI is InChI=1S/C12H13F3N2O3S/c1-17(7-6-10(18)19)11(20)16-8-4-2-3-5-9(8)21-12(13,14)15/h2-5H,6-7H2,1H3,(H,16,20)(H,18,19). The molecular formula is C12H13F3N2O3S. The lowest BCUT2D eigenvalue weighted by molar-refractivity contribution is -0.137. The van der Waals surface area contributed by atoms with Crippen molar-refractivity contribution < 1.29 is 27.9 Å². The number of hydrogen-bond acceptors (Lipinski definition) is 3. The van der Waals surface area contributed by atoms with E-state index in [1.54, 1.807) is 0 Å². The number of rotatable bonds is 5. The highest BCUT2D eigenvalue weighted by atomic mass is 32.2. The number of para-hydroxylation sites is 1. The second kappa shape index (κ2) is 7.21. The van der Waals surface area contributed by atoms with E-state index in [1.807, 2.05) is 0 Å². The predicted octanol–water partition coefficient (Wildman–Crippen LogP) is 3.24. The summed E-state index contributed by atoms with van der Waals surface area (Å²) in [6, 6.07) is 4.83. The van der Waals surface area contributed by atoms with Crippen molar-refractivity contribution in [2.75, 3.05) is 18.9 Å². The van der Waals surface area contributed by atoms with Crippen molar-refractivity contribution >= 4 is 29.4 Å². The summed E-state index contributed by atoms with van der Waals surface area (Å²) in [6.45, 7) is -0.0459. The largest absolute Gasteiger partial charge is 0.481 e. The number of amides is 2. The molecule has 0 aromatic heterocycles. The number of carbonyl (C=O) groups is 2. The molecule has 1 aromatic carbocycles. The first-order chi connectivity index (χ1) is 9.69. The van der Waals surface area contributed by atoms with E-state index in [9.17, 15) is 22.8 Å². The number of hydrogen-bond donors (Lipinski definition) is 2. The van der Waals surface area contributed by atoms with Crippen LogP contribution in [0.5, 0.6) is 0 Å². The van der Waals surface area contributed by atoms with Crippen LogP contribution in [-0.2, 0) is 4.79 Å². The maximum absolute atomic E-state index is 12.4. The minimum atomic E-state index is -4.46. The molecule has 0 aliphatic rings. The summed E-state index contributed by atoms with van der Waals surface area (Å²) in [4.78, 5) is 23.1. The van der Waals surface area contributed by atoms with Crippen LogP contribution in [-0.4, -0.2) is 41.1 Å². The maximum atomic E-state index is 12.4. The molecule has 116 valence electrons. The zero-order chi connectivity index (χ0) is 16.0. The molecule has 0 unspecified atom stereocenters. The zero-order valence-electron chi connectivity index (χ0n) is 11.0. The van der Waals surface area contributed by atoms with E-state index in [0.717, 1.165) is 4.90 Å². The van der Waals surface area contributed by atoms with Gasteiger partial charge in [0.15, 0.2) is 0 Å². The molecule has 21 heavy (non-hydrogen) atoms. The lowest BCUT2D eigenvalue weighted by Crippen LogP contribution is -2.33. The molecular weight excluding hydrogens is 309 g/mol.